The molecular formula is C16H23BrN2OS. The van der Waals surface area contributed by atoms with Crippen molar-refractivity contribution in [2.75, 3.05) is 6.54 Å². The van der Waals surface area contributed by atoms with Crippen LogP contribution < -0.4 is 10.6 Å². The quantitative estimate of drug-likeness (QED) is 0.825. The molecule has 0 bridgehead atoms. The highest BCUT2D eigenvalue weighted by Crippen LogP contribution is 2.35. The number of hydrogen-bond donors (Lipinski definition) is 2. The average Bonchev–Trinajstić information content (AvgIpc) is 2.80. The van der Waals surface area contributed by atoms with E-state index in [1.54, 1.807) is 0 Å². The average molecular weight is 371 g/mol. The van der Waals surface area contributed by atoms with Gasteiger partial charge in [0.2, 0.25) is 0 Å². The Balaban J connectivity index is 1.63. The van der Waals surface area contributed by atoms with Crippen molar-refractivity contribution in [1.29, 1.82) is 0 Å². The van der Waals surface area contributed by atoms with E-state index in [4.69, 9.17) is 0 Å². The lowest BCUT2D eigenvalue weighted by Gasteiger charge is -2.44. The van der Waals surface area contributed by atoms with Crippen molar-refractivity contribution in [1.82, 2.24) is 10.6 Å². The second-order valence-electron chi connectivity index (χ2n) is 6.50. The highest BCUT2D eigenvalue weighted by molar-refractivity contribution is 9.11. The van der Waals surface area contributed by atoms with Crippen LogP contribution in [0.3, 0.4) is 0 Å². The van der Waals surface area contributed by atoms with Crippen LogP contribution in [0, 0.1) is 6.92 Å². The first-order chi connectivity index (χ1) is 10.1. The monoisotopic (exact) mass is 370 g/mol. The minimum absolute atomic E-state index is 0.0895. The summed E-state index contributed by atoms with van der Waals surface area (Å²) in [4.78, 5) is 13.2. The molecule has 2 heterocycles. The second-order valence-corrected chi connectivity index (χ2v) is 8.87. The molecule has 1 atom stereocenters. The van der Waals surface area contributed by atoms with E-state index < -0.39 is 0 Å². The van der Waals surface area contributed by atoms with Gasteiger partial charge in [-0.15, -0.1) is 11.3 Å². The van der Waals surface area contributed by atoms with Crippen LogP contribution in [0.25, 0.3) is 0 Å². The molecule has 1 aromatic rings. The molecule has 2 aliphatic rings. The van der Waals surface area contributed by atoms with E-state index in [0.717, 1.165) is 33.6 Å². The molecule has 1 aliphatic heterocycles. The minimum atomic E-state index is 0.0895. The lowest BCUT2D eigenvalue weighted by Crippen LogP contribution is -2.57. The molecule has 1 aromatic heterocycles. The molecule has 0 aromatic carbocycles. The molecule has 116 valence electrons. The van der Waals surface area contributed by atoms with Gasteiger partial charge in [-0.1, -0.05) is 19.3 Å². The van der Waals surface area contributed by atoms with Crippen LogP contribution in [-0.2, 0) is 0 Å². The third-order valence-electron chi connectivity index (χ3n) is 4.86. The third kappa shape index (κ3) is 3.51. The maximum atomic E-state index is 12.4. The summed E-state index contributed by atoms with van der Waals surface area (Å²) >= 11 is 5.02. The summed E-state index contributed by atoms with van der Waals surface area (Å²) < 4.78 is 1.06. The Morgan fingerprint density at radius 1 is 1.43 bits per heavy atom. The number of nitrogens with one attached hydrogen (secondary N) is 2. The van der Waals surface area contributed by atoms with Crippen molar-refractivity contribution in [2.45, 2.75) is 63.5 Å². The predicted octanol–water partition coefficient (Wildman–Crippen LogP) is 4.00. The van der Waals surface area contributed by atoms with Gasteiger partial charge in [-0.05, 0) is 66.7 Å². The molecule has 1 aliphatic carbocycles. The molecule has 1 amide bonds. The minimum Gasteiger partial charge on any atom is -0.348 e. The Kier molecular flexibility index (Phi) is 4.71. The first-order valence-corrected chi connectivity index (χ1v) is 9.51. The summed E-state index contributed by atoms with van der Waals surface area (Å²) in [5, 5.41) is 6.99. The highest BCUT2D eigenvalue weighted by atomic mass is 79.9. The largest absolute Gasteiger partial charge is 0.348 e. The maximum absolute atomic E-state index is 12.4. The van der Waals surface area contributed by atoms with Gasteiger partial charge in [0.1, 0.15) is 0 Å². The summed E-state index contributed by atoms with van der Waals surface area (Å²) in [6, 6.07) is 2.29. The zero-order valence-corrected chi connectivity index (χ0v) is 14.9. The Morgan fingerprint density at radius 2 is 2.19 bits per heavy atom. The van der Waals surface area contributed by atoms with Crippen molar-refractivity contribution < 1.29 is 4.79 Å². The van der Waals surface area contributed by atoms with Gasteiger partial charge < -0.3 is 10.6 Å². The fourth-order valence-electron chi connectivity index (χ4n) is 3.72. The van der Waals surface area contributed by atoms with Crippen molar-refractivity contribution in [3.8, 4) is 0 Å². The molecule has 0 radical (unpaired) electrons. The molecule has 3 rings (SSSR count). The number of carbonyl (C=O) groups is 1. The van der Waals surface area contributed by atoms with Crippen molar-refractivity contribution in [3.63, 3.8) is 0 Å². The second kappa shape index (κ2) is 6.39. The number of piperidine rings is 1. The SMILES string of the molecule is Cc1cc(C(=O)NC2CCNC3(CCCCC3)C2)sc1Br. The van der Waals surface area contributed by atoms with Crippen LogP contribution in [0.4, 0.5) is 0 Å². The normalized spacial score (nSPS) is 25.0. The maximum Gasteiger partial charge on any atom is 0.261 e. The van der Waals surface area contributed by atoms with E-state index in [0.29, 0.717) is 11.6 Å². The van der Waals surface area contributed by atoms with Gasteiger partial charge in [0.25, 0.3) is 5.91 Å². The van der Waals surface area contributed by atoms with Gasteiger partial charge in [-0.25, -0.2) is 0 Å². The Bertz CT molecular complexity index is 497. The summed E-state index contributed by atoms with van der Waals surface area (Å²) in [5.74, 6) is 0.0895. The first kappa shape index (κ1) is 15.5. The summed E-state index contributed by atoms with van der Waals surface area (Å²) in [5.41, 5.74) is 1.43. The Morgan fingerprint density at radius 3 is 2.86 bits per heavy atom. The predicted molar refractivity (Wildman–Crippen MR) is 91.1 cm³/mol. The molecule has 1 unspecified atom stereocenters. The number of halogens is 1. The third-order valence-corrected chi connectivity index (χ3v) is 6.99. The molecule has 1 saturated heterocycles. The number of thiophene rings is 1. The molecule has 2 fully saturated rings. The lowest BCUT2D eigenvalue weighted by atomic mass is 9.75. The van der Waals surface area contributed by atoms with Crippen molar-refractivity contribution in [3.05, 3.63) is 20.3 Å². The fraction of sp³-hybridized carbons (Fsp3) is 0.688. The fourth-order valence-corrected chi connectivity index (χ4v) is 5.16. The van der Waals surface area contributed by atoms with E-state index >= 15 is 0 Å². The van der Waals surface area contributed by atoms with Crippen LogP contribution in [0.1, 0.15) is 60.2 Å². The van der Waals surface area contributed by atoms with Crippen molar-refractivity contribution in [2.24, 2.45) is 0 Å². The highest BCUT2D eigenvalue weighted by Gasteiger charge is 2.37. The standard InChI is InChI=1S/C16H23BrN2OS/c1-11-9-13(21-14(11)17)15(20)19-12-5-8-18-16(10-12)6-3-2-4-7-16/h9,12,18H,2-8,10H2,1H3,(H,19,20). The molecule has 1 saturated carbocycles. The molecule has 5 heteroatoms. The molecule has 3 nitrogen and oxygen atoms in total. The Hall–Kier alpha value is -0.390. The van der Waals surface area contributed by atoms with Crippen molar-refractivity contribution >= 4 is 33.2 Å². The van der Waals surface area contributed by atoms with E-state index in [-0.39, 0.29) is 5.91 Å². The van der Waals surface area contributed by atoms with Gasteiger partial charge in [0.05, 0.1) is 8.66 Å². The van der Waals surface area contributed by atoms with Crippen LogP contribution in [-0.4, -0.2) is 24.0 Å². The number of hydrogen-bond acceptors (Lipinski definition) is 3. The molecule has 1 spiro atoms. The number of carbonyl (C=O) groups excluding carboxylic acids is 1. The lowest BCUT2D eigenvalue weighted by molar-refractivity contribution is 0.0896. The topological polar surface area (TPSA) is 41.1 Å². The molecule has 21 heavy (non-hydrogen) atoms. The smallest absolute Gasteiger partial charge is 0.261 e. The van der Waals surface area contributed by atoms with Crippen LogP contribution in [0.15, 0.2) is 9.85 Å². The van der Waals surface area contributed by atoms with Crippen LogP contribution in [0.2, 0.25) is 0 Å². The molecular weight excluding hydrogens is 348 g/mol. The number of aryl methyl sites for hydroxylation is 1. The van der Waals surface area contributed by atoms with Gasteiger partial charge in [-0.3, -0.25) is 4.79 Å². The first-order valence-electron chi connectivity index (χ1n) is 7.90. The molecule has 2 N–H and O–H groups in total. The van der Waals surface area contributed by atoms with E-state index in [1.165, 1.54) is 43.4 Å². The summed E-state index contributed by atoms with van der Waals surface area (Å²) in [7, 11) is 0. The zero-order chi connectivity index (χ0) is 14.9. The summed E-state index contributed by atoms with van der Waals surface area (Å²) in [6.07, 6.45) is 8.67. The van der Waals surface area contributed by atoms with E-state index in [1.807, 2.05) is 13.0 Å². The van der Waals surface area contributed by atoms with E-state index in [2.05, 4.69) is 26.6 Å². The van der Waals surface area contributed by atoms with Crippen LogP contribution in [0.5, 0.6) is 0 Å². The van der Waals surface area contributed by atoms with Gasteiger partial charge in [0.15, 0.2) is 0 Å². The van der Waals surface area contributed by atoms with Gasteiger partial charge in [-0.2, -0.15) is 0 Å². The Labute approximate surface area is 139 Å². The van der Waals surface area contributed by atoms with Gasteiger partial charge in [0, 0.05) is 11.6 Å². The van der Waals surface area contributed by atoms with Crippen LogP contribution >= 0.6 is 27.3 Å². The number of rotatable bonds is 2. The summed E-state index contributed by atoms with van der Waals surface area (Å²) in [6.45, 7) is 3.05. The number of amides is 1. The van der Waals surface area contributed by atoms with E-state index in [9.17, 15) is 4.79 Å². The van der Waals surface area contributed by atoms with Gasteiger partial charge >= 0.3 is 0 Å². The zero-order valence-electron chi connectivity index (χ0n) is 12.5.